The molecule has 1 aliphatic heterocycles. The molecular weight excluding hydrogens is 342 g/mol. The lowest BCUT2D eigenvalue weighted by Gasteiger charge is -2.21. The average molecular weight is 369 g/mol. The quantitative estimate of drug-likeness (QED) is 0.788. The number of nitrogens with two attached hydrogens (primary N) is 1. The third-order valence-corrected chi connectivity index (χ3v) is 4.61. The summed E-state index contributed by atoms with van der Waals surface area (Å²) >= 11 is 0. The van der Waals surface area contributed by atoms with E-state index >= 15 is 0 Å². The van der Waals surface area contributed by atoms with Gasteiger partial charge in [0.05, 0.1) is 6.61 Å². The highest BCUT2D eigenvalue weighted by molar-refractivity contribution is 6.09. The molecule has 1 aromatic heterocycles. The zero-order valence-corrected chi connectivity index (χ0v) is 16.2. The van der Waals surface area contributed by atoms with E-state index in [1.54, 1.807) is 4.90 Å². The zero-order chi connectivity index (χ0) is 19.4. The van der Waals surface area contributed by atoms with Gasteiger partial charge in [-0.05, 0) is 30.9 Å². The largest absolute Gasteiger partial charge is 0.494 e. The summed E-state index contributed by atoms with van der Waals surface area (Å²) in [6.45, 7) is 6.28. The van der Waals surface area contributed by atoms with E-state index in [1.165, 1.54) is 6.20 Å². The Kier molecular flexibility index (Phi) is 5.78. The van der Waals surface area contributed by atoms with Crippen LogP contribution in [0.1, 0.15) is 37.0 Å². The monoisotopic (exact) mass is 369 g/mol. The van der Waals surface area contributed by atoms with Gasteiger partial charge in [0.15, 0.2) is 0 Å². The molecule has 0 unspecified atom stereocenters. The number of anilines is 3. The highest BCUT2D eigenvalue weighted by Gasteiger charge is 2.27. The van der Waals surface area contributed by atoms with E-state index in [2.05, 4.69) is 23.8 Å². The molecule has 2 N–H and O–H groups in total. The molecule has 7 nitrogen and oxygen atoms in total. The maximum atomic E-state index is 13.1. The van der Waals surface area contributed by atoms with Crippen LogP contribution in [0, 0.1) is 5.92 Å². The van der Waals surface area contributed by atoms with Gasteiger partial charge in [-0.1, -0.05) is 19.9 Å². The number of hydrogen-bond acceptors (Lipinski definition) is 6. The van der Waals surface area contributed by atoms with Crippen molar-refractivity contribution in [2.45, 2.75) is 26.7 Å². The predicted molar refractivity (Wildman–Crippen MR) is 107 cm³/mol. The highest BCUT2D eigenvalue weighted by atomic mass is 16.5. The minimum absolute atomic E-state index is 0.133. The summed E-state index contributed by atoms with van der Waals surface area (Å²) in [6.07, 6.45) is 3.65. The third-order valence-electron chi connectivity index (χ3n) is 4.61. The Morgan fingerprint density at radius 2 is 2.11 bits per heavy atom. The first-order chi connectivity index (χ1) is 13.0. The van der Waals surface area contributed by atoms with Crippen molar-refractivity contribution in [1.82, 2.24) is 9.97 Å². The van der Waals surface area contributed by atoms with Gasteiger partial charge in [-0.25, -0.2) is 4.98 Å². The number of aromatic nitrogens is 2. The molecule has 144 valence electrons. The molecule has 0 fully saturated rings. The number of rotatable bonds is 6. The summed E-state index contributed by atoms with van der Waals surface area (Å²) < 4.78 is 5.87. The summed E-state index contributed by atoms with van der Waals surface area (Å²) in [5.41, 5.74) is 6.95. The SMILES string of the molecule is CC(C)CCCOc1cccc(N2CCN(C)c3nc(N)ncc3C2=O)c1. The fourth-order valence-electron chi connectivity index (χ4n) is 3.10. The van der Waals surface area contributed by atoms with Crippen LogP contribution in [0.3, 0.4) is 0 Å². The van der Waals surface area contributed by atoms with Gasteiger partial charge < -0.3 is 20.3 Å². The number of carbonyl (C=O) groups is 1. The maximum absolute atomic E-state index is 13.1. The van der Waals surface area contributed by atoms with Crippen molar-refractivity contribution in [3.63, 3.8) is 0 Å². The fraction of sp³-hybridized carbons (Fsp3) is 0.450. The second-order valence-corrected chi connectivity index (χ2v) is 7.23. The Labute approximate surface area is 160 Å². The summed E-state index contributed by atoms with van der Waals surface area (Å²) in [4.78, 5) is 25.0. The smallest absolute Gasteiger partial charge is 0.263 e. The molecule has 0 spiro atoms. The van der Waals surface area contributed by atoms with Crippen LogP contribution in [0.5, 0.6) is 5.75 Å². The van der Waals surface area contributed by atoms with Crippen molar-refractivity contribution in [1.29, 1.82) is 0 Å². The van der Waals surface area contributed by atoms with Crippen LogP contribution in [0.15, 0.2) is 30.5 Å². The van der Waals surface area contributed by atoms with Gasteiger partial charge in [-0.15, -0.1) is 0 Å². The molecule has 1 aromatic carbocycles. The number of nitrogens with zero attached hydrogens (tertiary/aromatic N) is 4. The molecule has 0 radical (unpaired) electrons. The molecule has 0 atom stereocenters. The Hall–Kier alpha value is -2.83. The van der Waals surface area contributed by atoms with Gasteiger partial charge in [-0.3, -0.25) is 4.79 Å². The third kappa shape index (κ3) is 4.48. The van der Waals surface area contributed by atoms with E-state index in [1.807, 2.05) is 36.2 Å². The van der Waals surface area contributed by atoms with Gasteiger partial charge >= 0.3 is 0 Å². The van der Waals surface area contributed by atoms with E-state index in [0.717, 1.165) is 24.3 Å². The van der Waals surface area contributed by atoms with Crippen LogP contribution in [-0.2, 0) is 0 Å². The first kappa shape index (κ1) is 18.9. The first-order valence-corrected chi connectivity index (χ1v) is 9.34. The number of benzene rings is 1. The lowest BCUT2D eigenvalue weighted by Crippen LogP contribution is -2.33. The number of ether oxygens (including phenoxy) is 1. The standard InChI is InChI=1S/C20H27N5O2/c1-14(2)6-5-11-27-16-8-4-7-15(12-16)25-10-9-24(3)18-17(19(25)26)13-22-20(21)23-18/h4,7-8,12-14H,5-6,9-11H2,1-3H3,(H2,21,22,23). The van der Waals surface area contributed by atoms with Crippen LogP contribution in [0.2, 0.25) is 0 Å². The maximum Gasteiger partial charge on any atom is 0.263 e. The Morgan fingerprint density at radius 3 is 2.89 bits per heavy atom. The van der Waals surface area contributed by atoms with Gasteiger partial charge in [0.1, 0.15) is 17.1 Å². The summed E-state index contributed by atoms with van der Waals surface area (Å²) in [5.74, 6) is 2.04. The number of likely N-dealkylation sites (N-methyl/N-ethyl adjacent to an activating group) is 1. The lowest BCUT2D eigenvalue weighted by molar-refractivity contribution is 0.0989. The van der Waals surface area contributed by atoms with Crippen LogP contribution in [0.25, 0.3) is 0 Å². The number of fused-ring (bicyclic) bond motifs is 1. The van der Waals surface area contributed by atoms with Gasteiger partial charge in [0, 0.05) is 38.1 Å². The minimum Gasteiger partial charge on any atom is -0.494 e. The van der Waals surface area contributed by atoms with Crippen molar-refractivity contribution in [3.05, 3.63) is 36.0 Å². The van der Waals surface area contributed by atoms with Crippen LogP contribution in [-0.4, -0.2) is 42.6 Å². The zero-order valence-electron chi connectivity index (χ0n) is 16.2. The minimum atomic E-state index is -0.133. The van der Waals surface area contributed by atoms with Gasteiger partial charge in [0.2, 0.25) is 5.95 Å². The predicted octanol–water partition coefficient (Wildman–Crippen LogP) is 2.97. The fourth-order valence-corrected chi connectivity index (χ4v) is 3.10. The van der Waals surface area contributed by atoms with E-state index in [0.29, 0.717) is 37.0 Å². The Balaban J connectivity index is 1.79. The highest BCUT2D eigenvalue weighted by Crippen LogP contribution is 2.28. The molecule has 2 aromatic rings. The van der Waals surface area contributed by atoms with Crippen molar-refractivity contribution in [3.8, 4) is 5.75 Å². The molecule has 1 amide bonds. The number of amides is 1. The van der Waals surface area contributed by atoms with E-state index in [-0.39, 0.29) is 11.9 Å². The van der Waals surface area contributed by atoms with Crippen molar-refractivity contribution >= 4 is 23.4 Å². The molecule has 7 heteroatoms. The molecule has 27 heavy (non-hydrogen) atoms. The van der Waals surface area contributed by atoms with Crippen molar-refractivity contribution in [2.75, 3.05) is 42.3 Å². The van der Waals surface area contributed by atoms with Crippen LogP contribution < -0.4 is 20.3 Å². The van der Waals surface area contributed by atoms with Crippen molar-refractivity contribution in [2.24, 2.45) is 5.92 Å². The molecule has 2 heterocycles. The average Bonchev–Trinajstić information content (AvgIpc) is 2.76. The van der Waals surface area contributed by atoms with Gasteiger partial charge in [-0.2, -0.15) is 4.98 Å². The van der Waals surface area contributed by atoms with Crippen molar-refractivity contribution < 1.29 is 9.53 Å². The van der Waals surface area contributed by atoms with Crippen LogP contribution in [0.4, 0.5) is 17.5 Å². The lowest BCUT2D eigenvalue weighted by atomic mass is 10.1. The first-order valence-electron chi connectivity index (χ1n) is 9.34. The molecule has 3 rings (SSSR count). The summed E-state index contributed by atoms with van der Waals surface area (Å²) in [7, 11) is 1.90. The topological polar surface area (TPSA) is 84.6 Å². The number of carbonyl (C=O) groups excluding carboxylic acids is 1. The van der Waals surface area contributed by atoms with Crippen LogP contribution >= 0.6 is 0 Å². The Bertz CT molecular complexity index is 809. The van der Waals surface area contributed by atoms with E-state index in [9.17, 15) is 4.79 Å². The second kappa shape index (κ2) is 8.24. The van der Waals surface area contributed by atoms with E-state index in [4.69, 9.17) is 10.5 Å². The van der Waals surface area contributed by atoms with Gasteiger partial charge in [0.25, 0.3) is 5.91 Å². The number of hydrogen-bond donors (Lipinski definition) is 1. The molecule has 0 aliphatic carbocycles. The molecule has 1 aliphatic rings. The molecule has 0 saturated carbocycles. The van der Waals surface area contributed by atoms with E-state index < -0.39 is 0 Å². The molecular formula is C20H27N5O2. The molecule has 0 bridgehead atoms. The Morgan fingerprint density at radius 1 is 1.30 bits per heavy atom. The second-order valence-electron chi connectivity index (χ2n) is 7.23. The summed E-state index contributed by atoms with van der Waals surface area (Å²) in [5, 5.41) is 0. The number of nitrogen functional groups attached to an aromatic ring is 1. The molecule has 0 saturated heterocycles. The normalized spacial score (nSPS) is 14.3. The summed E-state index contributed by atoms with van der Waals surface area (Å²) in [6, 6.07) is 7.67.